The number of nitrogens with zero attached hydrogens (tertiary/aromatic N) is 2. The molecule has 0 bridgehead atoms. The SMILES string of the molecule is CCCCCN1CCN(CC(=O)NN)CC1. The van der Waals surface area contributed by atoms with Crippen LogP contribution in [0.2, 0.25) is 0 Å². The van der Waals surface area contributed by atoms with Crippen molar-refractivity contribution in [2.45, 2.75) is 26.2 Å². The van der Waals surface area contributed by atoms with Gasteiger partial charge in [0.05, 0.1) is 6.54 Å². The summed E-state index contributed by atoms with van der Waals surface area (Å²) in [6.07, 6.45) is 3.88. The average molecular weight is 228 g/mol. The zero-order chi connectivity index (χ0) is 11.8. The second-order valence-electron chi connectivity index (χ2n) is 4.39. The monoisotopic (exact) mass is 228 g/mol. The van der Waals surface area contributed by atoms with Crippen molar-refractivity contribution < 1.29 is 4.79 Å². The smallest absolute Gasteiger partial charge is 0.248 e. The first-order chi connectivity index (χ1) is 7.76. The van der Waals surface area contributed by atoms with Crippen molar-refractivity contribution in [2.24, 2.45) is 5.84 Å². The molecule has 1 aliphatic rings. The Hall–Kier alpha value is -0.650. The Labute approximate surface area is 97.9 Å². The minimum atomic E-state index is -0.0977. The molecule has 0 aliphatic carbocycles. The van der Waals surface area contributed by atoms with Gasteiger partial charge in [0, 0.05) is 26.2 Å². The van der Waals surface area contributed by atoms with Crippen LogP contribution in [0.5, 0.6) is 0 Å². The molecular weight excluding hydrogens is 204 g/mol. The molecule has 1 amide bonds. The molecule has 16 heavy (non-hydrogen) atoms. The van der Waals surface area contributed by atoms with E-state index in [9.17, 15) is 4.79 Å². The van der Waals surface area contributed by atoms with E-state index >= 15 is 0 Å². The second kappa shape index (κ2) is 7.60. The predicted molar refractivity (Wildman–Crippen MR) is 64.7 cm³/mol. The van der Waals surface area contributed by atoms with Crippen molar-refractivity contribution in [1.29, 1.82) is 0 Å². The van der Waals surface area contributed by atoms with E-state index in [0.717, 1.165) is 26.2 Å². The van der Waals surface area contributed by atoms with Crippen molar-refractivity contribution in [3.8, 4) is 0 Å². The lowest BCUT2D eigenvalue weighted by Gasteiger charge is -2.34. The molecule has 0 atom stereocenters. The molecule has 1 aliphatic heterocycles. The highest BCUT2D eigenvalue weighted by Crippen LogP contribution is 2.04. The molecule has 5 nitrogen and oxygen atoms in total. The first-order valence-electron chi connectivity index (χ1n) is 6.20. The number of carbonyl (C=O) groups is 1. The first kappa shape index (κ1) is 13.4. The fourth-order valence-electron chi connectivity index (χ4n) is 2.01. The normalized spacial score (nSPS) is 18.6. The van der Waals surface area contributed by atoms with Crippen LogP contribution >= 0.6 is 0 Å². The van der Waals surface area contributed by atoms with Gasteiger partial charge >= 0.3 is 0 Å². The number of hydrogen-bond donors (Lipinski definition) is 2. The second-order valence-corrected chi connectivity index (χ2v) is 4.39. The fraction of sp³-hybridized carbons (Fsp3) is 0.909. The molecule has 3 N–H and O–H groups in total. The molecule has 1 fully saturated rings. The van der Waals surface area contributed by atoms with Gasteiger partial charge in [0.2, 0.25) is 5.91 Å². The molecule has 0 aromatic rings. The third kappa shape index (κ3) is 4.92. The van der Waals surface area contributed by atoms with Gasteiger partial charge in [0.25, 0.3) is 0 Å². The number of nitrogens with one attached hydrogen (secondary N) is 1. The van der Waals surface area contributed by atoms with Crippen molar-refractivity contribution in [2.75, 3.05) is 39.3 Å². The van der Waals surface area contributed by atoms with Crippen LogP contribution in [0.15, 0.2) is 0 Å². The van der Waals surface area contributed by atoms with Crippen LogP contribution in [0.3, 0.4) is 0 Å². The molecule has 94 valence electrons. The predicted octanol–water partition coefficient (Wildman–Crippen LogP) is -0.216. The van der Waals surface area contributed by atoms with Gasteiger partial charge in [-0.05, 0) is 13.0 Å². The van der Waals surface area contributed by atoms with E-state index in [-0.39, 0.29) is 5.91 Å². The highest BCUT2D eigenvalue weighted by Gasteiger charge is 2.17. The van der Waals surface area contributed by atoms with Crippen LogP contribution in [0, 0.1) is 0 Å². The standard InChI is InChI=1S/C11H24N4O/c1-2-3-4-5-14-6-8-15(9-7-14)10-11(16)13-12/h2-10,12H2,1H3,(H,13,16). The number of nitrogens with two attached hydrogens (primary N) is 1. The fourth-order valence-corrected chi connectivity index (χ4v) is 2.01. The number of hydrazine groups is 1. The lowest BCUT2D eigenvalue weighted by molar-refractivity contribution is -0.122. The molecule has 0 spiro atoms. The number of rotatable bonds is 6. The van der Waals surface area contributed by atoms with Gasteiger partial charge in [0.15, 0.2) is 0 Å². The van der Waals surface area contributed by atoms with Crippen LogP contribution in [-0.4, -0.2) is 55.0 Å². The summed E-state index contributed by atoms with van der Waals surface area (Å²) in [6.45, 7) is 7.94. The lowest BCUT2D eigenvalue weighted by atomic mass is 10.2. The van der Waals surface area contributed by atoms with Crippen molar-refractivity contribution in [3.63, 3.8) is 0 Å². The van der Waals surface area contributed by atoms with Crippen LogP contribution < -0.4 is 11.3 Å². The van der Waals surface area contributed by atoms with Gasteiger partial charge in [-0.25, -0.2) is 5.84 Å². The number of hydrogen-bond acceptors (Lipinski definition) is 4. The summed E-state index contributed by atoms with van der Waals surface area (Å²) in [5.74, 6) is 4.96. The molecule has 0 aromatic carbocycles. The largest absolute Gasteiger partial charge is 0.301 e. The Morgan fingerprint density at radius 3 is 2.38 bits per heavy atom. The highest BCUT2D eigenvalue weighted by molar-refractivity contribution is 5.77. The van der Waals surface area contributed by atoms with Crippen LogP contribution in [0.4, 0.5) is 0 Å². The Bertz CT molecular complexity index is 202. The molecule has 0 saturated carbocycles. The number of amides is 1. The van der Waals surface area contributed by atoms with Crippen molar-refractivity contribution in [1.82, 2.24) is 15.2 Å². The summed E-state index contributed by atoms with van der Waals surface area (Å²) in [4.78, 5) is 15.7. The third-order valence-electron chi connectivity index (χ3n) is 3.07. The number of carbonyl (C=O) groups excluding carboxylic acids is 1. The summed E-state index contributed by atoms with van der Waals surface area (Å²) in [5.41, 5.74) is 2.17. The molecule has 0 aromatic heterocycles. The van der Waals surface area contributed by atoms with Gasteiger partial charge in [0.1, 0.15) is 0 Å². The Kier molecular flexibility index (Phi) is 6.37. The van der Waals surface area contributed by atoms with E-state index in [1.807, 2.05) is 0 Å². The zero-order valence-electron chi connectivity index (χ0n) is 10.2. The van der Waals surface area contributed by atoms with E-state index in [0.29, 0.717) is 6.54 Å². The lowest BCUT2D eigenvalue weighted by Crippen LogP contribution is -2.50. The van der Waals surface area contributed by atoms with Crippen LogP contribution in [0.25, 0.3) is 0 Å². The average Bonchev–Trinajstić information content (AvgIpc) is 2.31. The van der Waals surface area contributed by atoms with Gasteiger partial charge in [-0.3, -0.25) is 15.1 Å². The number of piperazine rings is 1. The molecule has 0 radical (unpaired) electrons. The zero-order valence-corrected chi connectivity index (χ0v) is 10.2. The summed E-state index contributed by atoms with van der Waals surface area (Å²) < 4.78 is 0. The summed E-state index contributed by atoms with van der Waals surface area (Å²) in [7, 11) is 0. The van der Waals surface area contributed by atoms with E-state index in [4.69, 9.17) is 5.84 Å². The molecular formula is C11H24N4O. The maximum absolute atomic E-state index is 11.1. The van der Waals surface area contributed by atoms with Gasteiger partial charge < -0.3 is 4.90 Å². The molecule has 1 rings (SSSR count). The van der Waals surface area contributed by atoms with E-state index in [1.165, 1.54) is 25.8 Å². The summed E-state index contributed by atoms with van der Waals surface area (Å²) >= 11 is 0. The summed E-state index contributed by atoms with van der Waals surface area (Å²) in [6, 6.07) is 0. The Balaban J connectivity index is 2.11. The van der Waals surface area contributed by atoms with Gasteiger partial charge in [-0.2, -0.15) is 0 Å². The van der Waals surface area contributed by atoms with Crippen molar-refractivity contribution in [3.05, 3.63) is 0 Å². The minimum absolute atomic E-state index is 0.0977. The third-order valence-corrected chi connectivity index (χ3v) is 3.07. The van der Waals surface area contributed by atoms with Crippen molar-refractivity contribution >= 4 is 5.91 Å². The molecule has 1 saturated heterocycles. The first-order valence-corrected chi connectivity index (χ1v) is 6.20. The molecule has 0 unspecified atom stereocenters. The number of unbranched alkanes of at least 4 members (excludes halogenated alkanes) is 2. The Morgan fingerprint density at radius 1 is 1.19 bits per heavy atom. The van der Waals surface area contributed by atoms with Crippen LogP contribution in [0.1, 0.15) is 26.2 Å². The topological polar surface area (TPSA) is 61.6 Å². The van der Waals surface area contributed by atoms with Crippen LogP contribution in [-0.2, 0) is 4.79 Å². The van der Waals surface area contributed by atoms with Gasteiger partial charge in [-0.1, -0.05) is 19.8 Å². The maximum atomic E-state index is 11.1. The quantitative estimate of drug-likeness (QED) is 0.286. The maximum Gasteiger partial charge on any atom is 0.248 e. The minimum Gasteiger partial charge on any atom is -0.301 e. The Morgan fingerprint density at radius 2 is 1.81 bits per heavy atom. The highest BCUT2D eigenvalue weighted by atomic mass is 16.2. The van der Waals surface area contributed by atoms with E-state index < -0.39 is 0 Å². The molecule has 1 heterocycles. The van der Waals surface area contributed by atoms with Gasteiger partial charge in [-0.15, -0.1) is 0 Å². The van der Waals surface area contributed by atoms with E-state index in [1.54, 1.807) is 0 Å². The molecule has 5 heteroatoms. The van der Waals surface area contributed by atoms with E-state index in [2.05, 4.69) is 22.1 Å². The summed E-state index contributed by atoms with van der Waals surface area (Å²) in [5, 5.41) is 0.